The molecule has 0 fully saturated rings. The summed E-state index contributed by atoms with van der Waals surface area (Å²) in [6.07, 6.45) is 2.00. The summed E-state index contributed by atoms with van der Waals surface area (Å²) in [4.78, 5) is 30.2. The van der Waals surface area contributed by atoms with E-state index < -0.39 is 0 Å². The summed E-state index contributed by atoms with van der Waals surface area (Å²) in [6.45, 7) is 5.36. The van der Waals surface area contributed by atoms with E-state index in [0.717, 1.165) is 11.3 Å². The summed E-state index contributed by atoms with van der Waals surface area (Å²) < 4.78 is 12.5. The van der Waals surface area contributed by atoms with Crippen molar-refractivity contribution < 1.29 is 19.1 Å². The average molecular weight is 372 g/mol. The molecule has 1 aliphatic rings. The molecule has 8 nitrogen and oxygen atoms in total. The van der Waals surface area contributed by atoms with Crippen molar-refractivity contribution in [2.75, 3.05) is 25.2 Å². The van der Waals surface area contributed by atoms with Crippen LogP contribution in [-0.4, -0.2) is 46.1 Å². The molecule has 1 aliphatic heterocycles. The second-order valence-corrected chi connectivity index (χ2v) is 6.21. The Bertz CT molecular complexity index is 842. The first kappa shape index (κ1) is 18.8. The van der Waals surface area contributed by atoms with Gasteiger partial charge in [0, 0.05) is 38.5 Å². The number of aromatic nitrogens is 2. The van der Waals surface area contributed by atoms with Gasteiger partial charge in [0.15, 0.2) is 11.5 Å². The Hall–Kier alpha value is -3.03. The minimum absolute atomic E-state index is 0.0176. The van der Waals surface area contributed by atoms with Gasteiger partial charge in [-0.3, -0.25) is 14.9 Å². The number of carbonyl (C=O) groups is 2. The molecule has 0 spiro atoms. The first-order valence-corrected chi connectivity index (χ1v) is 9.02. The third-order valence-electron chi connectivity index (χ3n) is 4.59. The summed E-state index contributed by atoms with van der Waals surface area (Å²) in [6, 6.07) is 5.65. The predicted octanol–water partition coefficient (Wildman–Crippen LogP) is 2.40. The van der Waals surface area contributed by atoms with E-state index in [1.807, 2.05) is 39.1 Å². The van der Waals surface area contributed by atoms with E-state index in [0.29, 0.717) is 30.5 Å². The second kappa shape index (κ2) is 8.11. The number of fused-ring (bicyclic) bond motifs is 1. The van der Waals surface area contributed by atoms with E-state index in [1.54, 1.807) is 15.7 Å². The molecule has 0 radical (unpaired) electrons. The van der Waals surface area contributed by atoms with Crippen LogP contribution in [-0.2, 0) is 16.6 Å². The molecule has 2 amide bonds. The first-order chi connectivity index (χ1) is 13.0. The van der Waals surface area contributed by atoms with Crippen LogP contribution in [0.25, 0.3) is 11.3 Å². The Balaban J connectivity index is 1.63. The van der Waals surface area contributed by atoms with Crippen molar-refractivity contribution in [3.63, 3.8) is 0 Å². The lowest BCUT2D eigenvalue weighted by atomic mass is 10.1. The number of anilines is 1. The van der Waals surface area contributed by atoms with E-state index in [4.69, 9.17) is 9.47 Å². The van der Waals surface area contributed by atoms with Crippen LogP contribution >= 0.6 is 0 Å². The van der Waals surface area contributed by atoms with Gasteiger partial charge >= 0.3 is 0 Å². The van der Waals surface area contributed by atoms with Gasteiger partial charge in [0.25, 0.3) is 0 Å². The fourth-order valence-corrected chi connectivity index (χ4v) is 2.99. The highest BCUT2D eigenvalue weighted by Gasteiger charge is 2.17. The molecule has 0 saturated carbocycles. The zero-order chi connectivity index (χ0) is 19.4. The lowest BCUT2D eigenvalue weighted by molar-refractivity contribution is -0.132. The average Bonchev–Trinajstić information content (AvgIpc) is 3.27. The summed E-state index contributed by atoms with van der Waals surface area (Å²) in [5, 5.41) is 2.77. The number of hydrogen-bond donors (Lipinski definition) is 1. The molecule has 8 heteroatoms. The third-order valence-corrected chi connectivity index (χ3v) is 4.59. The summed E-state index contributed by atoms with van der Waals surface area (Å²) in [5.74, 6) is 1.59. The Kier molecular flexibility index (Phi) is 5.63. The Labute approximate surface area is 158 Å². The molecule has 27 heavy (non-hydrogen) atoms. The first-order valence-electron chi connectivity index (χ1n) is 9.02. The number of ether oxygens (including phenoxy) is 2. The van der Waals surface area contributed by atoms with E-state index >= 15 is 0 Å². The SMILES string of the molecule is CCN(CC)C(=O)CCC(=O)Nc1ncc(-c2ccc3c(c2)OCO3)n1C. The van der Waals surface area contributed by atoms with Crippen LogP contribution in [0.1, 0.15) is 26.7 Å². The molecule has 3 rings (SSSR count). The molecular weight excluding hydrogens is 348 g/mol. The van der Waals surface area contributed by atoms with Crippen LogP contribution in [0.15, 0.2) is 24.4 Å². The molecule has 2 heterocycles. The van der Waals surface area contributed by atoms with Gasteiger partial charge in [-0.15, -0.1) is 0 Å². The molecule has 0 unspecified atom stereocenters. The van der Waals surface area contributed by atoms with Gasteiger partial charge in [-0.25, -0.2) is 4.98 Å². The monoisotopic (exact) mass is 372 g/mol. The molecular formula is C19H24N4O4. The minimum atomic E-state index is -0.235. The third kappa shape index (κ3) is 4.05. The number of carbonyl (C=O) groups excluding carboxylic acids is 2. The molecule has 0 atom stereocenters. The van der Waals surface area contributed by atoms with E-state index in [1.165, 1.54) is 0 Å². The standard InChI is InChI=1S/C19H24N4O4/c1-4-23(5-2)18(25)9-8-17(24)21-19-20-11-14(22(19)3)13-6-7-15-16(10-13)27-12-26-15/h6-7,10-11H,4-5,8-9,12H2,1-3H3,(H,20,21,24). The van der Waals surface area contributed by atoms with Crippen LogP contribution in [0.3, 0.4) is 0 Å². The van der Waals surface area contributed by atoms with Crippen molar-refractivity contribution in [3.8, 4) is 22.8 Å². The van der Waals surface area contributed by atoms with Crippen molar-refractivity contribution in [1.82, 2.24) is 14.5 Å². The fourth-order valence-electron chi connectivity index (χ4n) is 2.99. The number of benzene rings is 1. The molecule has 0 bridgehead atoms. The van der Waals surface area contributed by atoms with Crippen molar-refractivity contribution in [1.29, 1.82) is 0 Å². The second-order valence-electron chi connectivity index (χ2n) is 6.21. The largest absolute Gasteiger partial charge is 0.454 e. The highest BCUT2D eigenvalue weighted by atomic mass is 16.7. The maximum Gasteiger partial charge on any atom is 0.231 e. The normalized spacial score (nSPS) is 12.1. The number of hydrogen-bond acceptors (Lipinski definition) is 5. The van der Waals surface area contributed by atoms with Gasteiger partial charge in [-0.1, -0.05) is 0 Å². The predicted molar refractivity (Wildman–Crippen MR) is 101 cm³/mol. The Morgan fingerprint density at radius 1 is 1.19 bits per heavy atom. The number of nitrogens with zero attached hydrogens (tertiary/aromatic N) is 3. The Morgan fingerprint density at radius 2 is 1.93 bits per heavy atom. The van der Waals surface area contributed by atoms with Crippen molar-refractivity contribution in [3.05, 3.63) is 24.4 Å². The van der Waals surface area contributed by atoms with Gasteiger partial charge in [0.1, 0.15) is 0 Å². The number of amides is 2. The van der Waals surface area contributed by atoms with Crippen molar-refractivity contribution in [2.24, 2.45) is 7.05 Å². The maximum atomic E-state index is 12.2. The van der Waals surface area contributed by atoms with Gasteiger partial charge in [0.2, 0.25) is 24.6 Å². The molecule has 1 aromatic carbocycles. The molecule has 1 aromatic heterocycles. The molecule has 0 aliphatic carbocycles. The molecule has 1 N–H and O–H groups in total. The van der Waals surface area contributed by atoms with Crippen LogP contribution in [0.4, 0.5) is 5.95 Å². The zero-order valence-electron chi connectivity index (χ0n) is 15.8. The zero-order valence-corrected chi connectivity index (χ0v) is 15.8. The summed E-state index contributed by atoms with van der Waals surface area (Å²) >= 11 is 0. The Morgan fingerprint density at radius 3 is 2.67 bits per heavy atom. The lowest BCUT2D eigenvalue weighted by Gasteiger charge is -2.18. The summed E-state index contributed by atoms with van der Waals surface area (Å²) in [7, 11) is 1.82. The number of nitrogens with one attached hydrogen (secondary N) is 1. The van der Waals surface area contributed by atoms with Gasteiger partial charge < -0.3 is 18.9 Å². The smallest absolute Gasteiger partial charge is 0.231 e. The van der Waals surface area contributed by atoms with Gasteiger partial charge in [0.05, 0.1) is 11.9 Å². The lowest BCUT2D eigenvalue weighted by Crippen LogP contribution is -2.31. The quantitative estimate of drug-likeness (QED) is 0.807. The van der Waals surface area contributed by atoms with Gasteiger partial charge in [-0.05, 0) is 32.0 Å². The molecule has 2 aromatic rings. The number of rotatable bonds is 7. The van der Waals surface area contributed by atoms with Gasteiger partial charge in [-0.2, -0.15) is 0 Å². The fraction of sp³-hybridized carbons (Fsp3) is 0.421. The number of imidazole rings is 1. The van der Waals surface area contributed by atoms with Crippen LogP contribution < -0.4 is 14.8 Å². The topological polar surface area (TPSA) is 85.7 Å². The summed E-state index contributed by atoms with van der Waals surface area (Å²) in [5.41, 5.74) is 1.74. The van der Waals surface area contributed by atoms with Crippen molar-refractivity contribution in [2.45, 2.75) is 26.7 Å². The van der Waals surface area contributed by atoms with Crippen LogP contribution in [0, 0.1) is 0 Å². The highest BCUT2D eigenvalue weighted by molar-refractivity contribution is 5.92. The molecule has 144 valence electrons. The van der Waals surface area contributed by atoms with Crippen LogP contribution in [0.5, 0.6) is 11.5 Å². The van der Waals surface area contributed by atoms with Crippen LogP contribution in [0.2, 0.25) is 0 Å². The van der Waals surface area contributed by atoms with E-state index in [2.05, 4.69) is 10.3 Å². The van der Waals surface area contributed by atoms with E-state index in [9.17, 15) is 9.59 Å². The molecule has 0 saturated heterocycles. The van der Waals surface area contributed by atoms with E-state index in [-0.39, 0.29) is 31.4 Å². The minimum Gasteiger partial charge on any atom is -0.454 e. The maximum absolute atomic E-state index is 12.2. The highest BCUT2D eigenvalue weighted by Crippen LogP contribution is 2.36. The van der Waals surface area contributed by atoms with Crippen molar-refractivity contribution >= 4 is 17.8 Å².